The number of amides is 1. The van der Waals surface area contributed by atoms with Crippen molar-refractivity contribution in [2.75, 3.05) is 19.5 Å². The average molecular weight is 342 g/mol. The van der Waals surface area contributed by atoms with Crippen molar-refractivity contribution in [2.45, 2.75) is 0 Å². The normalized spacial score (nSPS) is 10.5. The lowest BCUT2D eigenvalue weighted by molar-refractivity contribution is 0.102. The number of hydrogen-bond acceptors (Lipinski definition) is 3. The molecule has 0 saturated carbocycles. The first-order chi connectivity index (χ1) is 11.6. The summed E-state index contributed by atoms with van der Waals surface area (Å²) in [6.07, 6.45) is 0. The Balaban J connectivity index is 1.85. The Morgan fingerprint density at radius 1 is 0.875 bits per heavy atom. The van der Waals surface area contributed by atoms with Crippen molar-refractivity contribution in [3.8, 4) is 11.5 Å². The highest BCUT2D eigenvalue weighted by molar-refractivity contribution is 6.34. The summed E-state index contributed by atoms with van der Waals surface area (Å²) in [5.74, 6) is 1.14. The minimum absolute atomic E-state index is 0.268. The Hall–Kier alpha value is -2.72. The van der Waals surface area contributed by atoms with Gasteiger partial charge in [0.05, 0.1) is 24.8 Å². The van der Waals surface area contributed by atoms with E-state index in [0.29, 0.717) is 22.0 Å². The summed E-state index contributed by atoms with van der Waals surface area (Å²) in [7, 11) is 3.18. The second-order valence-electron chi connectivity index (χ2n) is 5.23. The van der Waals surface area contributed by atoms with Crippen molar-refractivity contribution in [1.29, 1.82) is 0 Å². The largest absolute Gasteiger partial charge is 0.497 e. The Morgan fingerprint density at radius 3 is 2.21 bits per heavy atom. The zero-order valence-electron chi connectivity index (χ0n) is 13.3. The molecular formula is C19H16ClNO3. The maximum atomic E-state index is 12.4. The van der Waals surface area contributed by atoms with E-state index in [4.69, 9.17) is 21.1 Å². The number of carbonyl (C=O) groups is 1. The minimum atomic E-state index is -0.268. The lowest BCUT2D eigenvalue weighted by atomic mass is 10.1. The second-order valence-corrected chi connectivity index (χ2v) is 5.63. The van der Waals surface area contributed by atoms with Crippen LogP contribution in [0.5, 0.6) is 11.5 Å². The van der Waals surface area contributed by atoms with Gasteiger partial charge in [-0.05, 0) is 53.2 Å². The molecule has 0 heterocycles. The van der Waals surface area contributed by atoms with E-state index in [9.17, 15) is 4.79 Å². The van der Waals surface area contributed by atoms with Gasteiger partial charge in [-0.15, -0.1) is 0 Å². The summed E-state index contributed by atoms with van der Waals surface area (Å²) in [6.45, 7) is 0. The Bertz CT molecular complexity index is 908. The number of nitrogens with one attached hydrogen (secondary N) is 1. The maximum Gasteiger partial charge on any atom is 0.257 e. The highest BCUT2D eigenvalue weighted by Gasteiger charge is 2.12. The number of halogens is 1. The quantitative estimate of drug-likeness (QED) is 0.744. The van der Waals surface area contributed by atoms with Crippen LogP contribution < -0.4 is 14.8 Å². The topological polar surface area (TPSA) is 47.6 Å². The monoisotopic (exact) mass is 341 g/mol. The second kappa shape index (κ2) is 6.81. The number of anilines is 1. The summed E-state index contributed by atoms with van der Waals surface area (Å²) in [6, 6.07) is 16.4. The van der Waals surface area contributed by atoms with Crippen LogP contribution in [0, 0.1) is 0 Å². The van der Waals surface area contributed by atoms with Gasteiger partial charge in [-0.3, -0.25) is 4.79 Å². The molecule has 0 aliphatic carbocycles. The Kier molecular flexibility index (Phi) is 4.58. The van der Waals surface area contributed by atoms with E-state index in [1.54, 1.807) is 32.4 Å². The van der Waals surface area contributed by atoms with Crippen molar-refractivity contribution < 1.29 is 14.3 Å². The van der Waals surface area contributed by atoms with Gasteiger partial charge in [0.2, 0.25) is 0 Å². The van der Waals surface area contributed by atoms with Gasteiger partial charge in [-0.25, -0.2) is 0 Å². The van der Waals surface area contributed by atoms with E-state index in [1.165, 1.54) is 0 Å². The molecule has 0 radical (unpaired) electrons. The van der Waals surface area contributed by atoms with E-state index in [2.05, 4.69) is 5.32 Å². The van der Waals surface area contributed by atoms with E-state index < -0.39 is 0 Å². The molecule has 0 unspecified atom stereocenters. The van der Waals surface area contributed by atoms with Gasteiger partial charge < -0.3 is 14.8 Å². The third kappa shape index (κ3) is 3.29. The Morgan fingerprint density at radius 2 is 1.50 bits per heavy atom. The zero-order valence-corrected chi connectivity index (χ0v) is 14.1. The average Bonchev–Trinajstić information content (AvgIpc) is 2.60. The van der Waals surface area contributed by atoms with Crippen LogP contribution in [0.25, 0.3) is 10.8 Å². The van der Waals surface area contributed by atoms with Crippen molar-refractivity contribution in [3.63, 3.8) is 0 Å². The van der Waals surface area contributed by atoms with Gasteiger partial charge in [0.25, 0.3) is 5.91 Å². The molecular weight excluding hydrogens is 326 g/mol. The third-order valence-electron chi connectivity index (χ3n) is 3.73. The summed E-state index contributed by atoms with van der Waals surface area (Å²) in [4.78, 5) is 12.4. The fraction of sp³-hybridized carbons (Fsp3) is 0.105. The molecule has 0 aliphatic rings. The molecule has 0 atom stereocenters. The number of fused-ring (bicyclic) bond motifs is 1. The van der Waals surface area contributed by atoms with Crippen LogP contribution in [0.1, 0.15) is 10.4 Å². The van der Waals surface area contributed by atoms with E-state index in [0.717, 1.165) is 16.5 Å². The van der Waals surface area contributed by atoms with Crippen LogP contribution in [0.4, 0.5) is 5.69 Å². The fourth-order valence-corrected chi connectivity index (χ4v) is 2.69. The van der Waals surface area contributed by atoms with Gasteiger partial charge in [-0.1, -0.05) is 23.7 Å². The first-order valence-electron chi connectivity index (χ1n) is 7.33. The van der Waals surface area contributed by atoms with Gasteiger partial charge in [-0.2, -0.15) is 0 Å². The zero-order chi connectivity index (χ0) is 17.1. The standard InChI is InChI=1S/C19H16ClNO3/c1-23-15-6-4-12-9-14(5-3-13(12)10-15)21-19(22)17-8-7-16(24-2)11-18(17)20/h3-11H,1-2H3,(H,21,22). The molecule has 5 heteroatoms. The Labute approximate surface area is 145 Å². The van der Waals surface area contributed by atoms with Gasteiger partial charge in [0.1, 0.15) is 11.5 Å². The van der Waals surface area contributed by atoms with E-state index >= 15 is 0 Å². The molecule has 1 N–H and O–H groups in total. The molecule has 0 aliphatic heterocycles. The number of ether oxygens (including phenoxy) is 2. The molecule has 24 heavy (non-hydrogen) atoms. The number of benzene rings is 3. The van der Waals surface area contributed by atoms with Gasteiger partial charge in [0, 0.05) is 5.69 Å². The summed E-state index contributed by atoms with van der Waals surface area (Å²) in [5.41, 5.74) is 1.09. The molecule has 0 spiro atoms. The van der Waals surface area contributed by atoms with Crippen molar-refractivity contribution in [3.05, 3.63) is 65.2 Å². The highest BCUT2D eigenvalue weighted by atomic mass is 35.5. The summed E-state index contributed by atoms with van der Waals surface area (Å²) < 4.78 is 10.3. The fourth-order valence-electron chi connectivity index (χ4n) is 2.43. The predicted octanol–water partition coefficient (Wildman–Crippen LogP) is 4.76. The number of methoxy groups -OCH3 is 2. The molecule has 1 amide bonds. The first kappa shape index (κ1) is 16.1. The maximum absolute atomic E-state index is 12.4. The van der Waals surface area contributed by atoms with Crippen molar-refractivity contribution in [2.24, 2.45) is 0 Å². The molecule has 0 bridgehead atoms. The lowest BCUT2D eigenvalue weighted by Gasteiger charge is -2.09. The third-order valence-corrected chi connectivity index (χ3v) is 4.04. The number of rotatable bonds is 4. The number of hydrogen-bond donors (Lipinski definition) is 1. The minimum Gasteiger partial charge on any atom is -0.497 e. The molecule has 4 nitrogen and oxygen atoms in total. The molecule has 122 valence electrons. The summed E-state index contributed by atoms with van der Waals surface area (Å²) in [5, 5.41) is 5.25. The van der Waals surface area contributed by atoms with Crippen LogP contribution in [0.15, 0.2) is 54.6 Å². The predicted molar refractivity (Wildman–Crippen MR) is 96.5 cm³/mol. The van der Waals surface area contributed by atoms with Crippen LogP contribution in [0.3, 0.4) is 0 Å². The van der Waals surface area contributed by atoms with Crippen molar-refractivity contribution >= 4 is 34.0 Å². The molecule has 0 fully saturated rings. The van der Waals surface area contributed by atoms with E-state index in [-0.39, 0.29) is 5.91 Å². The number of carbonyl (C=O) groups excluding carboxylic acids is 1. The SMILES string of the molecule is COc1ccc(C(=O)Nc2ccc3cc(OC)ccc3c2)c(Cl)c1. The lowest BCUT2D eigenvalue weighted by Crippen LogP contribution is -2.12. The molecule has 3 aromatic carbocycles. The smallest absolute Gasteiger partial charge is 0.257 e. The van der Waals surface area contributed by atoms with Crippen LogP contribution in [-0.4, -0.2) is 20.1 Å². The van der Waals surface area contributed by atoms with Crippen LogP contribution >= 0.6 is 11.6 Å². The highest BCUT2D eigenvalue weighted by Crippen LogP contribution is 2.26. The summed E-state index contributed by atoms with van der Waals surface area (Å²) >= 11 is 6.14. The van der Waals surface area contributed by atoms with Crippen LogP contribution in [0.2, 0.25) is 5.02 Å². The van der Waals surface area contributed by atoms with Gasteiger partial charge in [0.15, 0.2) is 0 Å². The van der Waals surface area contributed by atoms with Gasteiger partial charge >= 0.3 is 0 Å². The molecule has 0 saturated heterocycles. The van der Waals surface area contributed by atoms with Crippen LogP contribution in [-0.2, 0) is 0 Å². The van der Waals surface area contributed by atoms with Crippen molar-refractivity contribution in [1.82, 2.24) is 0 Å². The van der Waals surface area contributed by atoms with E-state index in [1.807, 2.05) is 36.4 Å². The molecule has 3 aromatic rings. The molecule has 0 aromatic heterocycles. The molecule has 3 rings (SSSR count). The first-order valence-corrected chi connectivity index (χ1v) is 7.71.